The second-order valence-corrected chi connectivity index (χ2v) is 10.2. The maximum atomic E-state index is 14.0. The van der Waals surface area contributed by atoms with Crippen molar-refractivity contribution in [3.63, 3.8) is 0 Å². The topological polar surface area (TPSA) is 78.0 Å². The Morgan fingerprint density at radius 2 is 1.69 bits per heavy atom. The average molecular weight is 460 g/mol. The maximum Gasteiger partial charge on any atom is 0.246 e. The van der Waals surface area contributed by atoms with Crippen LogP contribution in [0.1, 0.15) is 17.5 Å². The van der Waals surface area contributed by atoms with Crippen LogP contribution in [-0.4, -0.2) is 62.2 Å². The van der Waals surface area contributed by atoms with Crippen LogP contribution in [0.15, 0.2) is 47.4 Å². The third kappa shape index (κ3) is 4.02. The third-order valence-electron chi connectivity index (χ3n) is 6.35. The van der Waals surface area contributed by atoms with Crippen LogP contribution in [0.5, 0.6) is 0 Å². The van der Waals surface area contributed by atoms with Gasteiger partial charge in [-0.25, -0.2) is 12.8 Å². The van der Waals surface area contributed by atoms with E-state index in [4.69, 9.17) is 0 Å². The first-order valence-electron chi connectivity index (χ1n) is 10.6. The van der Waals surface area contributed by atoms with E-state index in [1.165, 1.54) is 22.5 Å². The molecule has 2 fully saturated rings. The van der Waals surface area contributed by atoms with Crippen molar-refractivity contribution in [1.29, 1.82) is 0 Å². The number of aryl methyl sites for hydroxylation is 1. The number of hydrogen-bond donors (Lipinski definition) is 0. The number of rotatable bonds is 4. The van der Waals surface area contributed by atoms with Crippen molar-refractivity contribution < 1.29 is 22.4 Å². The highest BCUT2D eigenvalue weighted by atomic mass is 32.2. The molecule has 0 bridgehead atoms. The highest BCUT2D eigenvalue weighted by Gasteiger charge is 2.39. The number of carbonyl (C=O) groups is 2. The molecule has 1 unspecified atom stereocenters. The summed E-state index contributed by atoms with van der Waals surface area (Å²) in [7, 11) is -3.97. The molecule has 32 heavy (non-hydrogen) atoms. The van der Waals surface area contributed by atoms with Crippen molar-refractivity contribution in [2.24, 2.45) is 5.92 Å². The van der Waals surface area contributed by atoms with Gasteiger partial charge in [0.25, 0.3) is 0 Å². The molecule has 2 aromatic rings. The summed E-state index contributed by atoms with van der Waals surface area (Å²) in [4.78, 5) is 28.6. The van der Waals surface area contributed by atoms with E-state index in [-0.39, 0.29) is 49.3 Å². The minimum Gasteiger partial charge on any atom is -0.340 e. The second kappa shape index (κ2) is 8.63. The zero-order chi connectivity index (χ0) is 23.0. The van der Waals surface area contributed by atoms with Crippen LogP contribution >= 0.6 is 0 Å². The number of halogens is 1. The van der Waals surface area contributed by atoms with Gasteiger partial charge < -0.3 is 9.80 Å². The monoisotopic (exact) mass is 459 g/mol. The maximum absolute atomic E-state index is 14.0. The molecule has 9 heteroatoms. The highest BCUT2D eigenvalue weighted by molar-refractivity contribution is 7.89. The number of anilines is 1. The van der Waals surface area contributed by atoms with Crippen molar-refractivity contribution in [2.45, 2.75) is 25.2 Å². The lowest BCUT2D eigenvalue weighted by molar-refractivity contribution is -0.136. The average Bonchev–Trinajstić information content (AvgIpc) is 3.16. The molecular formula is C23H26FN3O4S. The van der Waals surface area contributed by atoms with E-state index in [1.54, 1.807) is 9.80 Å². The Morgan fingerprint density at radius 1 is 1.00 bits per heavy atom. The van der Waals surface area contributed by atoms with Gasteiger partial charge in [-0.3, -0.25) is 9.59 Å². The number of nitrogens with zero attached hydrogens (tertiary/aromatic N) is 3. The molecule has 0 saturated carbocycles. The molecule has 2 heterocycles. The summed E-state index contributed by atoms with van der Waals surface area (Å²) in [6.45, 7) is 4.85. The van der Waals surface area contributed by atoms with Gasteiger partial charge >= 0.3 is 0 Å². The van der Waals surface area contributed by atoms with E-state index in [2.05, 4.69) is 0 Å². The van der Waals surface area contributed by atoms with Crippen LogP contribution in [0.3, 0.4) is 0 Å². The van der Waals surface area contributed by atoms with Gasteiger partial charge in [-0.05, 0) is 43.2 Å². The van der Waals surface area contributed by atoms with Crippen molar-refractivity contribution in [2.75, 3.05) is 37.6 Å². The first-order valence-corrected chi connectivity index (χ1v) is 12.0. The molecule has 2 aromatic carbocycles. The van der Waals surface area contributed by atoms with Crippen LogP contribution in [0.25, 0.3) is 0 Å². The molecule has 0 aliphatic carbocycles. The molecule has 1 atom stereocenters. The second-order valence-electron chi connectivity index (χ2n) is 8.28. The number of amides is 2. The minimum absolute atomic E-state index is 0.0854. The zero-order valence-electron chi connectivity index (χ0n) is 18.1. The van der Waals surface area contributed by atoms with Crippen LogP contribution < -0.4 is 4.90 Å². The highest BCUT2D eigenvalue weighted by Crippen LogP contribution is 2.30. The van der Waals surface area contributed by atoms with Crippen LogP contribution in [0.4, 0.5) is 10.1 Å². The van der Waals surface area contributed by atoms with Gasteiger partial charge in [0, 0.05) is 44.8 Å². The van der Waals surface area contributed by atoms with E-state index < -0.39 is 21.8 Å². The Hall–Kier alpha value is -2.78. The lowest BCUT2D eigenvalue weighted by atomic mass is 10.1. The van der Waals surface area contributed by atoms with E-state index >= 15 is 0 Å². The van der Waals surface area contributed by atoms with Crippen molar-refractivity contribution in [3.8, 4) is 0 Å². The number of hydrogen-bond acceptors (Lipinski definition) is 4. The molecule has 0 spiro atoms. The summed E-state index contributed by atoms with van der Waals surface area (Å²) >= 11 is 0. The molecule has 2 saturated heterocycles. The summed E-state index contributed by atoms with van der Waals surface area (Å²) in [6, 6.07) is 11.1. The van der Waals surface area contributed by atoms with Gasteiger partial charge in [0.2, 0.25) is 21.8 Å². The number of benzene rings is 2. The molecule has 7 nitrogen and oxygen atoms in total. The Kier molecular flexibility index (Phi) is 6.05. The number of carbonyl (C=O) groups excluding carboxylic acids is 2. The van der Waals surface area contributed by atoms with Gasteiger partial charge in [0.15, 0.2) is 0 Å². The summed E-state index contributed by atoms with van der Waals surface area (Å²) in [5.74, 6) is -1.48. The summed E-state index contributed by atoms with van der Waals surface area (Å²) in [6.07, 6.45) is 0.139. The van der Waals surface area contributed by atoms with Crippen molar-refractivity contribution >= 4 is 27.5 Å². The predicted molar refractivity (Wildman–Crippen MR) is 118 cm³/mol. The standard InChI is InChI=1S/C23H26FN3O4S/c1-16-6-5-8-20(17(16)2)27-15-18(14-22(27)28)23(29)25-10-12-26(13-11-25)32(30,31)21-9-4-3-7-19(21)24/h3-9,18H,10-15H2,1-2H3. The molecule has 0 radical (unpaired) electrons. The first kappa shape index (κ1) is 22.4. The Balaban J connectivity index is 1.41. The Labute approximate surface area is 187 Å². The summed E-state index contributed by atoms with van der Waals surface area (Å²) in [5.41, 5.74) is 2.92. The Bertz CT molecular complexity index is 1160. The minimum atomic E-state index is -3.97. The van der Waals surface area contributed by atoms with E-state index in [9.17, 15) is 22.4 Å². The normalized spacial score (nSPS) is 20.1. The third-order valence-corrected chi connectivity index (χ3v) is 8.28. The summed E-state index contributed by atoms with van der Waals surface area (Å²) in [5, 5.41) is 0. The van der Waals surface area contributed by atoms with E-state index in [0.29, 0.717) is 6.54 Å². The van der Waals surface area contributed by atoms with Gasteiger partial charge in [-0.1, -0.05) is 24.3 Å². The lowest BCUT2D eigenvalue weighted by Gasteiger charge is -2.35. The van der Waals surface area contributed by atoms with Gasteiger partial charge in [-0.2, -0.15) is 4.31 Å². The van der Waals surface area contributed by atoms with Crippen LogP contribution in [-0.2, 0) is 19.6 Å². The first-order chi connectivity index (χ1) is 15.2. The fourth-order valence-corrected chi connectivity index (χ4v) is 5.82. The van der Waals surface area contributed by atoms with Gasteiger partial charge in [0.1, 0.15) is 10.7 Å². The molecule has 4 rings (SSSR count). The molecule has 170 valence electrons. The fourth-order valence-electron chi connectivity index (χ4n) is 4.33. The zero-order valence-corrected chi connectivity index (χ0v) is 18.9. The van der Waals surface area contributed by atoms with E-state index in [1.807, 2.05) is 32.0 Å². The number of sulfonamides is 1. The lowest BCUT2D eigenvalue weighted by Crippen LogP contribution is -2.52. The SMILES string of the molecule is Cc1cccc(N2CC(C(=O)N3CCN(S(=O)(=O)c4ccccc4F)CC3)CC2=O)c1C. The fraction of sp³-hybridized carbons (Fsp3) is 0.391. The molecule has 2 amide bonds. The molecule has 2 aliphatic rings. The largest absolute Gasteiger partial charge is 0.340 e. The van der Waals surface area contributed by atoms with Crippen molar-refractivity contribution in [3.05, 3.63) is 59.4 Å². The van der Waals surface area contributed by atoms with E-state index in [0.717, 1.165) is 22.9 Å². The predicted octanol–water partition coefficient (Wildman–Crippen LogP) is 2.33. The van der Waals surface area contributed by atoms with Gasteiger partial charge in [0.05, 0.1) is 5.92 Å². The molecular weight excluding hydrogens is 433 g/mol. The molecule has 0 aromatic heterocycles. The molecule has 0 N–H and O–H groups in total. The molecule has 2 aliphatic heterocycles. The summed E-state index contributed by atoms with van der Waals surface area (Å²) < 4.78 is 40.8. The van der Waals surface area contributed by atoms with Crippen molar-refractivity contribution in [1.82, 2.24) is 9.21 Å². The quantitative estimate of drug-likeness (QED) is 0.703. The Morgan fingerprint density at radius 3 is 2.38 bits per heavy atom. The smallest absolute Gasteiger partial charge is 0.246 e. The van der Waals surface area contributed by atoms with Crippen LogP contribution in [0.2, 0.25) is 0 Å². The van der Waals surface area contributed by atoms with Gasteiger partial charge in [-0.15, -0.1) is 0 Å². The van der Waals surface area contributed by atoms with Crippen LogP contribution in [0, 0.1) is 25.6 Å². The number of piperazine rings is 1.